The van der Waals surface area contributed by atoms with E-state index in [0.29, 0.717) is 0 Å². The van der Waals surface area contributed by atoms with Crippen LogP contribution in [0.25, 0.3) is 11.3 Å². The van der Waals surface area contributed by atoms with Gasteiger partial charge in [0.2, 0.25) is 0 Å². The lowest BCUT2D eigenvalue weighted by atomic mass is 10.1. The molecule has 3 nitrogen and oxygen atoms in total. The molecule has 0 fully saturated rings. The van der Waals surface area contributed by atoms with Crippen LogP contribution in [0.5, 0.6) is 0 Å². The monoisotopic (exact) mass is 289 g/mol. The molecule has 1 heterocycles. The van der Waals surface area contributed by atoms with E-state index in [4.69, 9.17) is 11.6 Å². The van der Waals surface area contributed by atoms with Gasteiger partial charge in [-0.1, -0.05) is 30.7 Å². The molecule has 0 spiro atoms. The molecule has 2 aromatic rings. The molecule has 0 aliphatic heterocycles. The van der Waals surface area contributed by atoms with Gasteiger partial charge in [0.25, 0.3) is 0 Å². The summed E-state index contributed by atoms with van der Waals surface area (Å²) in [5.41, 5.74) is 4.82. The molecule has 0 atom stereocenters. The molecule has 0 bridgehead atoms. The van der Waals surface area contributed by atoms with Crippen LogP contribution in [0.1, 0.15) is 30.3 Å². The van der Waals surface area contributed by atoms with Crippen molar-refractivity contribution in [1.82, 2.24) is 9.97 Å². The maximum Gasteiger partial charge on any atom is 0.152 e. The molecule has 0 amide bonds. The summed E-state index contributed by atoms with van der Waals surface area (Å²) in [6, 6.07) is 6.00. The molecule has 2 rings (SSSR count). The third-order valence-electron chi connectivity index (χ3n) is 3.29. The summed E-state index contributed by atoms with van der Waals surface area (Å²) in [6.07, 6.45) is 1.04. The van der Waals surface area contributed by atoms with E-state index in [1.807, 2.05) is 39.0 Å². The van der Waals surface area contributed by atoms with E-state index in [2.05, 4.69) is 22.2 Å². The van der Waals surface area contributed by atoms with Crippen molar-refractivity contribution in [2.75, 3.05) is 11.9 Å². The van der Waals surface area contributed by atoms with Crippen molar-refractivity contribution in [2.24, 2.45) is 0 Å². The Balaban J connectivity index is 2.52. The fourth-order valence-corrected chi connectivity index (χ4v) is 2.09. The van der Waals surface area contributed by atoms with Gasteiger partial charge in [0, 0.05) is 17.1 Å². The number of anilines is 1. The summed E-state index contributed by atoms with van der Waals surface area (Å²) in [4.78, 5) is 9.30. The Bertz CT molecular complexity index is 623. The van der Waals surface area contributed by atoms with Crippen molar-refractivity contribution < 1.29 is 0 Å². The number of hydrogen-bond donors (Lipinski definition) is 1. The second kappa shape index (κ2) is 6.23. The Morgan fingerprint density at radius 3 is 2.45 bits per heavy atom. The number of rotatable bonds is 4. The first-order valence-electron chi connectivity index (χ1n) is 6.88. The largest absolute Gasteiger partial charge is 0.368 e. The molecule has 20 heavy (non-hydrogen) atoms. The molecular formula is C16H20ClN3. The van der Waals surface area contributed by atoms with Crippen molar-refractivity contribution in [3.8, 4) is 11.3 Å². The van der Waals surface area contributed by atoms with Crippen LogP contribution in [0.15, 0.2) is 18.2 Å². The van der Waals surface area contributed by atoms with Crippen molar-refractivity contribution in [2.45, 2.75) is 34.1 Å². The van der Waals surface area contributed by atoms with Crippen molar-refractivity contribution in [1.29, 1.82) is 0 Å². The van der Waals surface area contributed by atoms with E-state index in [0.717, 1.165) is 52.0 Å². The molecule has 106 valence electrons. The van der Waals surface area contributed by atoms with Gasteiger partial charge in [-0.05, 0) is 38.8 Å². The molecule has 0 aliphatic rings. The van der Waals surface area contributed by atoms with Gasteiger partial charge in [0.1, 0.15) is 5.69 Å². The quantitative estimate of drug-likeness (QED) is 0.897. The molecule has 0 radical (unpaired) electrons. The highest BCUT2D eigenvalue weighted by atomic mass is 35.5. The maximum absolute atomic E-state index is 6.22. The van der Waals surface area contributed by atoms with E-state index >= 15 is 0 Å². The molecule has 1 aromatic carbocycles. The van der Waals surface area contributed by atoms with Crippen LogP contribution in [0.4, 0.5) is 5.82 Å². The Morgan fingerprint density at radius 1 is 1.10 bits per heavy atom. The van der Waals surface area contributed by atoms with Gasteiger partial charge >= 0.3 is 0 Å². The summed E-state index contributed by atoms with van der Waals surface area (Å²) in [5, 5.41) is 4.10. The predicted molar refractivity (Wildman–Crippen MR) is 85.5 cm³/mol. The number of aromatic nitrogens is 2. The lowest BCUT2D eigenvalue weighted by Gasteiger charge is -2.13. The molecule has 0 saturated carbocycles. The zero-order valence-electron chi connectivity index (χ0n) is 12.4. The van der Waals surface area contributed by atoms with Gasteiger partial charge in [-0.2, -0.15) is 0 Å². The summed E-state index contributed by atoms with van der Waals surface area (Å²) in [5.74, 6) is 0.829. The fourth-order valence-electron chi connectivity index (χ4n) is 1.91. The van der Waals surface area contributed by atoms with Crippen LogP contribution < -0.4 is 5.32 Å². The first-order valence-corrected chi connectivity index (χ1v) is 7.26. The SMILES string of the molecule is CCCNc1nc(C)c(C)nc1-c1ccc(C)c(Cl)c1. The fraction of sp³-hybridized carbons (Fsp3) is 0.375. The summed E-state index contributed by atoms with van der Waals surface area (Å²) >= 11 is 6.22. The van der Waals surface area contributed by atoms with Gasteiger partial charge in [-0.25, -0.2) is 9.97 Å². The smallest absolute Gasteiger partial charge is 0.152 e. The average molecular weight is 290 g/mol. The molecule has 1 N–H and O–H groups in total. The standard InChI is InChI=1S/C16H20ClN3/c1-5-8-18-16-15(19-11(3)12(4)20-16)13-7-6-10(2)14(17)9-13/h6-7,9H,5,8H2,1-4H3,(H,18,20). The number of aryl methyl sites for hydroxylation is 3. The molecule has 4 heteroatoms. The van der Waals surface area contributed by atoms with E-state index in [-0.39, 0.29) is 0 Å². The normalized spacial score (nSPS) is 10.7. The molecular weight excluding hydrogens is 270 g/mol. The summed E-state index contributed by atoms with van der Waals surface area (Å²) in [6.45, 7) is 8.96. The maximum atomic E-state index is 6.22. The molecule has 0 saturated heterocycles. The van der Waals surface area contributed by atoms with Gasteiger partial charge in [0.15, 0.2) is 5.82 Å². The summed E-state index contributed by atoms with van der Waals surface area (Å²) in [7, 11) is 0. The highest BCUT2D eigenvalue weighted by Gasteiger charge is 2.12. The Hall–Kier alpha value is -1.61. The third-order valence-corrected chi connectivity index (χ3v) is 3.70. The van der Waals surface area contributed by atoms with Crippen LogP contribution in [-0.4, -0.2) is 16.5 Å². The number of nitrogens with one attached hydrogen (secondary N) is 1. The topological polar surface area (TPSA) is 37.8 Å². The minimum absolute atomic E-state index is 0.754. The van der Waals surface area contributed by atoms with Crippen LogP contribution in [-0.2, 0) is 0 Å². The van der Waals surface area contributed by atoms with Crippen molar-refractivity contribution in [3.63, 3.8) is 0 Å². The number of nitrogens with zero attached hydrogens (tertiary/aromatic N) is 2. The second-order valence-electron chi connectivity index (χ2n) is 4.98. The zero-order chi connectivity index (χ0) is 14.7. The number of benzene rings is 1. The first-order chi connectivity index (χ1) is 9.52. The summed E-state index contributed by atoms with van der Waals surface area (Å²) < 4.78 is 0. The lowest BCUT2D eigenvalue weighted by molar-refractivity contribution is 0.953. The second-order valence-corrected chi connectivity index (χ2v) is 5.39. The van der Waals surface area contributed by atoms with E-state index in [1.165, 1.54) is 0 Å². The highest BCUT2D eigenvalue weighted by molar-refractivity contribution is 6.31. The van der Waals surface area contributed by atoms with Crippen LogP contribution in [0.3, 0.4) is 0 Å². The van der Waals surface area contributed by atoms with Crippen LogP contribution in [0, 0.1) is 20.8 Å². The molecule has 0 aliphatic carbocycles. The van der Waals surface area contributed by atoms with Gasteiger partial charge in [0.05, 0.1) is 11.4 Å². The Morgan fingerprint density at radius 2 is 1.80 bits per heavy atom. The van der Waals surface area contributed by atoms with Crippen molar-refractivity contribution in [3.05, 3.63) is 40.2 Å². The Labute approximate surface area is 125 Å². The zero-order valence-corrected chi connectivity index (χ0v) is 13.2. The minimum Gasteiger partial charge on any atom is -0.368 e. The van der Waals surface area contributed by atoms with Crippen LogP contribution >= 0.6 is 11.6 Å². The van der Waals surface area contributed by atoms with E-state index in [1.54, 1.807) is 0 Å². The van der Waals surface area contributed by atoms with Crippen LogP contribution in [0.2, 0.25) is 5.02 Å². The van der Waals surface area contributed by atoms with Gasteiger partial charge < -0.3 is 5.32 Å². The highest BCUT2D eigenvalue weighted by Crippen LogP contribution is 2.29. The van der Waals surface area contributed by atoms with Crippen molar-refractivity contribution >= 4 is 17.4 Å². The molecule has 1 aromatic heterocycles. The Kier molecular flexibility index (Phi) is 4.61. The predicted octanol–water partition coefficient (Wildman–Crippen LogP) is 4.54. The van der Waals surface area contributed by atoms with E-state index < -0.39 is 0 Å². The first kappa shape index (κ1) is 14.8. The van der Waals surface area contributed by atoms with E-state index in [9.17, 15) is 0 Å². The van der Waals surface area contributed by atoms with Gasteiger partial charge in [-0.15, -0.1) is 0 Å². The average Bonchev–Trinajstić information content (AvgIpc) is 2.43. The number of halogens is 1. The minimum atomic E-state index is 0.754. The number of hydrogen-bond acceptors (Lipinski definition) is 3. The van der Waals surface area contributed by atoms with Gasteiger partial charge in [-0.3, -0.25) is 0 Å². The third kappa shape index (κ3) is 3.10. The lowest BCUT2D eigenvalue weighted by Crippen LogP contribution is -2.07. The molecule has 0 unspecified atom stereocenters.